The predicted octanol–water partition coefficient (Wildman–Crippen LogP) is 2.98. The molecule has 2 saturated heterocycles. The van der Waals surface area contributed by atoms with E-state index in [9.17, 15) is 0 Å². The summed E-state index contributed by atoms with van der Waals surface area (Å²) in [4.78, 5) is 14.4. The Balaban J connectivity index is 1.76. The van der Waals surface area contributed by atoms with Crippen LogP contribution in [-0.2, 0) is 0 Å². The second kappa shape index (κ2) is 6.42. The fourth-order valence-electron chi connectivity index (χ4n) is 4.72. The Labute approximate surface area is 148 Å². The van der Waals surface area contributed by atoms with E-state index >= 15 is 0 Å². The van der Waals surface area contributed by atoms with Gasteiger partial charge in [0.05, 0.1) is 0 Å². The maximum absolute atomic E-state index is 4.87. The van der Waals surface area contributed by atoms with Gasteiger partial charge in [0, 0.05) is 26.2 Å². The lowest BCUT2D eigenvalue weighted by molar-refractivity contribution is 0.314. The zero-order valence-corrected chi connectivity index (χ0v) is 15.6. The Morgan fingerprint density at radius 3 is 1.40 bits per heavy atom. The first kappa shape index (κ1) is 16.5. The molecule has 2 aliphatic rings. The molecular formula is C18H28N6O. The molecule has 0 radical (unpaired) electrons. The Bertz CT molecular complexity index is 666. The summed E-state index contributed by atoms with van der Waals surface area (Å²) in [6.45, 7) is 13.3. The maximum Gasteiger partial charge on any atom is 0.245 e. The van der Waals surface area contributed by atoms with Gasteiger partial charge in [0.15, 0.2) is 11.6 Å². The first-order valence-electron chi connectivity index (χ1n) is 9.49. The summed E-state index contributed by atoms with van der Waals surface area (Å²) in [5.41, 5.74) is 1.01. The van der Waals surface area contributed by atoms with Crippen molar-refractivity contribution >= 4 is 22.9 Å². The van der Waals surface area contributed by atoms with Gasteiger partial charge in [-0.15, -0.1) is 0 Å². The summed E-state index contributed by atoms with van der Waals surface area (Å²) < 4.78 is 4.87. The summed E-state index contributed by atoms with van der Waals surface area (Å²) in [5.74, 6) is 4.52. The van der Waals surface area contributed by atoms with Gasteiger partial charge >= 0.3 is 0 Å². The first-order valence-corrected chi connectivity index (χ1v) is 9.49. The molecule has 4 heterocycles. The normalized spacial score (nSPS) is 30.9. The largest absolute Gasteiger partial charge is 0.353 e. The molecule has 2 aromatic heterocycles. The van der Waals surface area contributed by atoms with Crippen molar-refractivity contribution in [2.75, 3.05) is 36.0 Å². The molecule has 0 saturated carbocycles. The molecule has 4 atom stereocenters. The molecule has 25 heavy (non-hydrogen) atoms. The SMILES string of the molecule is C[C@@H]1C[C@H](C)CN(c2nc3nonc3nc2N2C[C@H](C)C[C@H](C)C2)C1. The molecule has 0 spiro atoms. The fourth-order valence-corrected chi connectivity index (χ4v) is 4.72. The minimum atomic E-state index is 0.503. The Morgan fingerprint density at radius 2 is 1.04 bits per heavy atom. The van der Waals surface area contributed by atoms with Crippen LogP contribution in [0.4, 0.5) is 11.6 Å². The smallest absolute Gasteiger partial charge is 0.245 e. The van der Waals surface area contributed by atoms with E-state index in [4.69, 9.17) is 14.6 Å². The quantitative estimate of drug-likeness (QED) is 0.829. The highest BCUT2D eigenvalue weighted by Crippen LogP contribution is 2.35. The van der Waals surface area contributed by atoms with Crippen LogP contribution < -0.4 is 9.80 Å². The van der Waals surface area contributed by atoms with E-state index in [1.165, 1.54) is 12.8 Å². The van der Waals surface area contributed by atoms with Crippen molar-refractivity contribution in [1.29, 1.82) is 0 Å². The molecule has 136 valence electrons. The van der Waals surface area contributed by atoms with Crippen molar-refractivity contribution in [2.24, 2.45) is 23.7 Å². The van der Waals surface area contributed by atoms with Crippen LogP contribution in [0, 0.1) is 23.7 Å². The molecule has 2 aromatic rings. The number of nitrogens with zero attached hydrogens (tertiary/aromatic N) is 6. The highest BCUT2D eigenvalue weighted by molar-refractivity contribution is 5.75. The maximum atomic E-state index is 4.87. The number of aromatic nitrogens is 4. The highest BCUT2D eigenvalue weighted by Gasteiger charge is 2.31. The van der Waals surface area contributed by atoms with Crippen molar-refractivity contribution in [3.63, 3.8) is 0 Å². The van der Waals surface area contributed by atoms with Crippen LogP contribution in [0.3, 0.4) is 0 Å². The second-order valence-electron chi connectivity index (χ2n) is 8.48. The lowest BCUT2D eigenvalue weighted by atomic mass is 9.91. The first-order chi connectivity index (χ1) is 12.0. The average Bonchev–Trinajstić information content (AvgIpc) is 2.99. The molecule has 2 aliphatic heterocycles. The van der Waals surface area contributed by atoms with Gasteiger partial charge in [0.25, 0.3) is 0 Å². The van der Waals surface area contributed by atoms with Crippen LogP contribution in [0.25, 0.3) is 11.3 Å². The van der Waals surface area contributed by atoms with Gasteiger partial charge in [-0.2, -0.15) is 0 Å². The van der Waals surface area contributed by atoms with Gasteiger partial charge < -0.3 is 9.80 Å². The van der Waals surface area contributed by atoms with Crippen LogP contribution in [0.1, 0.15) is 40.5 Å². The molecule has 0 aliphatic carbocycles. The van der Waals surface area contributed by atoms with Crippen molar-refractivity contribution in [3.05, 3.63) is 0 Å². The lowest BCUT2D eigenvalue weighted by Gasteiger charge is -2.40. The molecule has 0 bridgehead atoms. The highest BCUT2D eigenvalue weighted by atomic mass is 16.6. The van der Waals surface area contributed by atoms with Crippen molar-refractivity contribution in [3.8, 4) is 0 Å². The standard InChI is InChI=1S/C18H28N6O/c1-11-5-12(2)8-23(7-11)17-18(20-16-15(19-17)21-25-22-16)24-9-13(3)6-14(4)10-24/h11-14H,5-10H2,1-4H3/t11-,12+,13-,14+. The molecule has 7 heteroatoms. The summed E-state index contributed by atoms with van der Waals surface area (Å²) in [7, 11) is 0. The predicted molar refractivity (Wildman–Crippen MR) is 97.7 cm³/mol. The van der Waals surface area contributed by atoms with E-state index in [-0.39, 0.29) is 0 Å². The summed E-state index contributed by atoms with van der Waals surface area (Å²) >= 11 is 0. The van der Waals surface area contributed by atoms with Crippen molar-refractivity contribution < 1.29 is 4.63 Å². The molecule has 0 unspecified atom stereocenters. The van der Waals surface area contributed by atoms with Crippen LogP contribution >= 0.6 is 0 Å². The Hall–Kier alpha value is -1.92. The van der Waals surface area contributed by atoms with Crippen LogP contribution in [0.5, 0.6) is 0 Å². The minimum Gasteiger partial charge on any atom is -0.353 e. The molecule has 0 aromatic carbocycles. The van der Waals surface area contributed by atoms with Crippen LogP contribution in [0.2, 0.25) is 0 Å². The molecule has 0 N–H and O–H groups in total. The number of hydrogen-bond acceptors (Lipinski definition) is 7. The van der Waals surface area contributed by atoms with E-state index in [1.54, 1.807) is 0 Å². The van der Waals surface area contributed by atoms with Crippen molar-refractivity contribution in [2.45, 2.75) is 40.5 Å². The molecule has 0 amide bonds. The van der Waals surface area contributed by atoms with Crippen molar-refractivity contribution in [1.82, 2.24) is 20.3 Å². The van der Waals surface area contributed by atoms with Gasteiger partial charge in [-0.3, -0.25) is 0 Å². The van der Waals surface area contributed by atoms with Gasteiger partial charge in [0.1, 0.15) is 0 Å². The molecule has 2 fully saturated rings. The Kier molecular flexibility index (Phi) is 4.25. The number of piperidine rings is 2. The average molecular weight is 344 g/mol. The topological polar surface area (TPSA) is 71.2 Å². The third-order valence-electron chi connectivity index (χ3n) is 5.41. The second-order valence-corrected chi connectivity index (χ2v) is 8.48. The number of anilines is 2. The summed E-state index contributed by atoms with van der Waals surface area (Å²) in [5, 5.41) is 7.85. The number of fused-ring (bicyclic) bond motifs is 1. The molecule has 7 nitrogen and oxygen atoms in total. The lowest BCUT2D eigenvalue weighted by Crippen LogP contribution is -2.43. The van der Waals surface area contributed by atoms with Gasteiger partial charge in [-0.1, -0.05) is 27.7 Å². The van der Waals surface area contributed by atoms with E-state index in [0.717, 1.165) is 37.8 Å². The van der Waals surface area contributed by atoms with Crippen LogP contribution in [-0.4, -0.2) is 46.5 Å². The third kappa shape index (κ3) is 3.28. The number of hydrogen-bond donors (Lipinski definition) is 0. The van der Waals surface area contributed by atoms with E-state index in [0.29, 0.717) is 35.0 Å². The van der Waals surface area contributed by atoms with Gasteiger partial charge in [0.2, 0.25) is 11.3 Å². The fraction of sp³-hybridized carbons (Fsp3) is 0.778. The monoisotopic (exact) mass is 344 g/mol. The third-order valence-corrected chi connectivity index (χ3v) is 5.41. The zero-order chi connectivity index (χ0) is 17.6. The molecular weight excluding hydrogens is 316 g/mol. The van der Waals surface area contributed by atoms with Crippen LogP contribution in [0.15, 0.2) is 4.63 Å². The molecule has 4 rings (SSSR count). The minimum absolute atomic E-state index is 0.503. The summed E-state index contributed by atoms with van der Waals surface area (Å²) in [6, 6.07) is 0. The van der Waals surface area contributed by atoms with Gasteiger partial charge in [-0.25, -0.2) is 14.6 Å². The van der Waals surface area contributed by atoms with Gasteiger partial charge in [-0.05, 0) is 46.8 Å². The zero-order valence-electron chi connectivity index (χ0n) is 15.6. The Morgan fingerprint density at radius 1 is 0.680 bits per heavy atom. The van der Waals surface area contributed by atoms with E-state index in [2.05, 4.69) is 47.8 Å². The number of rotatable bonds is 2. The summed E-state index contributed by atoms with van der Waals surface area (Å²) in [6.07, 6.45) is 2.54. The van der Waals surface area contributed by atoms with E-state index in [1.807, 2.05) is 0 Å². The van der Waals surface area contributed by atoms with E-state index < -0.39 is 0 Å².